The second-order valence-electron chi connectivity index (χ2n) is 3.19. The molecule has 1 heterocycles. The van der Waals surface area contributed by atoms with Crippen LogP contribution in [0.1, 0.15) is 0 Å². The fourth-order valence-electron chi connectivity index (χ4n) is 1.49. The van der Waals surface area contributed by atoms with Crippen molar-refractivity contribution in [3.8, 4) is 0 Å². The van der Waals surface area contributed by atoms with E-state index in [9.17, 15) is 8.42 Å². The zero-order valence-electron chi connectivity index (χ0n) is 7.93. The summed E-state index contributed by atoms with van der Waals surface area (Å²) in [6.07, 6.45) is 0. The van der Waals surface area contributed by atoms with Crippen molar-refractivity contribution in [1.82, 2.24) is 0 Å². The Bertz CT molecular complexity index is 483. The number of nitrogens with two attached hydrogens (primary N) is 1. The van der Waals surface area contributed by atoms with E-state index in [1.165, 1.54) is 22.7 Å². The largest absolute Gasteiger partial charge is 0.399 e. The number of nitrogens with zero attached hydrogens (tertiary/aromatic N) is 2. The standard InChI is InChI=1S/C8H11N3O2S/c1-10-7-4-3-6(9)5-8(7)11(2)14(10,12)13/h3-5H,9H2,1-2H3. The predicted molar refractivity (Wildman–Crippen MR) is 56.6 cm³/mol. The minimum Gasteiger partial charge on any atom is -0.399 e. The Kier molecular flexibility index (Phi) is 1.66. The molecule has 5 nitrogen and oxygen atoms in total. The third-order valence-corrected chi connectivity index (χ3v) is 4.15. The van der Waals surface area contributed by atoms with Gasteiger partial charge in [-0.1, -0.05) is 0 Å². The molecule has 76 valence electrons. The van der Waals surface area contributed by atoms with Crippen LogP contribution in [0.15, 0.2) is 18.2 Å². The Morgan fingerprint density at radius 3 is 2.36 bits per heavy atom. The van der Waals surface area contributed by atoms with Crippen LogP contribution in [-0.4, -0.2) is 22.5 Å². The molecular weight excluding hydrogens is 202 g/mol. The number of anilines is 3. The fourth-order valence-corrected chi connectivity index (χ4v) is 2.66. The summed E-state index contributed by atoms with van der Waals surface area (Å²) in [5.74, 6) is 0. The molecule has 0 fully saturated rings. The van der Waals surface area contributed by atoms with Gasteiger partial charge in [0.15, 0.2) is 0 Å². The van der Waals surface area contributed by atoms with Crippen LogP contribution >= 0.6 is 0 Å². The average molecular weight is 213 g/mol. The number of fused-ring (bicyclic) bond motifs is 1. The van der Waals surface area contributed by atoms with Gasteiger partial charge in [-0.3, -0.25) is 8.61 Å². The summed E-state index contributed by atoms with van der Waals surface area (Å²) in [4.78, 5) is 0. The predicted octanol–water partition coefficient (Wildman–Crippen LogP) is 0.400. The molecule has 14 heavy (non-hydrogen) atoms. The van der Waals surface area contributed by atoms with Gasteiger partial charge in [-0.15, -0.1) is 0 Å². The quantitative estimate of drug-likeness (QED) is 0.634. The van der Waals surface area contributed by atoms with Gasteiger partial charge >= 0.3 is 10.2 Å². The fraction of sp³-hybridized carbons (Fsp3) is 0.250. The number of nitrogen functional groups attached to an aromatic ring is 1. The highest BCUT2D eigenvalue weighted by molar-refractivity contribution is 7.94. The summed E-state index contributed by atoms with van der Waals surface area (Å²) >= 11 is 0. The number of hydrogen-bond acceptors (Lipinski definition) is 3. The van der Waals surface area contributed by atoms with Gasteiger partial charge in [0.2, 0.25) is 0 Å². The highest BCUT2D eigenvalue weighted by atomic mass is 32.2. The van der Waals surface area contributed by atoms with E-state index in [1.54, 1.807) is 18.2 Å². The molecule has 0 aliphatic carbocycles. The minimum absolute atomic E-state index is 0.557. The van der Waals surface area contributed by atoms with Gasteiger partial charge in [-0.2, -0.15) is 8.42 Å². The SMILES string of the molecule is CN1c2ccc(N)cc2N(C)S1(=O)=O. The van der Waals surface area contributed by atoms with Crippen molar-refractivity contribution < 1.29 is 8.42 Å². The first kappa shape index (κ1) is 9.14. The van der Waals surface area contributed by atoms with Crippen LogP contribution < -0.4 is 14.3 Å². The molecule has 2 N–H and O–H groups in total. The molecule has 0 saturated carbocycles. The lowest BCUT2D eigenvalue weighted by molar-refractivity contribution is 0.595. The maximum absolute atomic E-state index is 11.7. The van der Waals surface area contributed by atoms with Gasteiger partial charge in [-0.05, 0) is 18.2 Å². The van der Waals surface area contributed by atoms with Crippen LogP contribution in [0.5, 0.6) is 0 Å². The lowest BCUT2D eigenvalue weighted by Gasteiger charge is -2.13. The van der Waals surface area contributed by atoms with E-state index in [-0.39, 0.29) is 0 Å². The molecule has 1 aromatic rings. The van der Waals surface area contributed by atoms with Gasteiger partial charge in [0.05, 0.1) is 11.4 Å². The second-order valence-corrected chi connectivity index (χ2v) is 5.18. The zero-order valence-corrected chi connectivity index (χ0v) is 8.75. The number of hydrogen-bond donors (Lipinski definition) is 1. The molecule has 0 saturated heterocycles. The lowest BCUT2D eigenvalue weighted by Crippen LogP contribution is -2.32. The molecule has 0 atom stereocenters. The molecular formula is C8H11N3O2S. The second kappa shape index (κ2) is 2.54. The number of rotatable bonds is 0. The Balaban J connectivity index is 2.71. The lowest BCUT2D eigenvalue weighted by atomic mass is 10.2. The van der Waals surface area contributed by atoms with E-state index in [4.69, 9.17) is 5.73 Å². The van der Waals surface area contributed by atoms with Crippen molar-refractivity contribution in [1.29, 1.82) is 0 Å². The Morgan fingerprint density at radius 2 is 1.71 bits per heavy atom. The van der Waals surface area contributed by atoms with Crippen molar-refractivity contribution in [3.63, 3.8) is 0 Å². The maximum atomic E-state index is 11.7. The van der Waals surface area contributed by atoms with E-state index in [1.807, 2.05) is 0 Å². The zero-order chi connectivity index (χ0) is 10.5. The van der Waals surface area contributed by atoms with Gasteiger partial charge < -0.3 is 5.73 Å². The molecule has 0 aromatic heterocycles. The van der Waals surface area contributed by atoms with Gasteiger partial charge in [0.25, 0.3) is 0 Å². The van der Waals surface area contributed by atoms with Gasteiger partial charge in [0, 0.05) is 19.8 Å². The third-order valence-electron chi connectivity index (χ3n) is 2.37. The highest BCUT2D eigenvalue weighted by Crippen LogP contribution is 2.39. The van der Waals surface area contributed by atoms with Crippen molar-refractivity contribution in [2.24, 2.45) is 0 Å². The average Bonchev–Trinajstić information content (AvgIpc) is 2.29. The summed E-state index contributed by atoms with van der Waals surface area (Å²) < 4.78 is 25.8. The Labute approximate surface area is 82.9 Å². The van der Waals surface area contributed by atoms with Crippen LogP contribution in [0.2, 0.25) is 0 Å². The molecule has 1 aromatic carbocycles. The van der Waals surface area contributed by atoms with Gasteiger partial charge in [0.1, 0.15) is 0 Å². The summed E-state index contributed by atoms with van der Waals surface area (Å²) in [6, 6.07) is 5.03. The molecule has 2 rings (SSSR count). The summed E-state index contributed by atoms with van der Waals surface area (Å²) in [6.45, 7) is 0. The van der Waals surface area contributed by atoms with E-state index in [0.29, 0.717) is 17.1 Å². The molecule has 1 aliphatic heterocycles. The summed E-state index contributed by atoms with van der Waals surface area (Å²) in [5.41, 5.74) is 7.42. The summed E-state index contributed by atoms with van der Waals surface area (Å²) in [7, 11) is -0.336. The van der Waals surface area contributed by atoms with Crippen LogP contribution in [-0.2, 0) is 10.2 Å². The topological polar surface area (TPSA) is 66.6 Å². The first-order valence-electron chi connectivity index (χ1n) is 4.07. The molecule has 0 radical (unpaired) electrons. The Hall–Kier alpha value is -1.43. The van der Waals surface area contributed by atoms with E-state index < -0.39 is 10.2 Å². The molecule has 0 unspecified atom stereocenters. The van der Waals surface area contributed by atoms with Crippen molar-refractivity contribution in [3.05, 3.63) is 18.2 Å². The minimum atomic E-state index is -3.37. The smallest absolute Gasteiger partial charge is 0.326 e. The monoisotopic (exact) mass is 213 g/mol. The summed E-state index contributed by atoms with van der Waals surface area (Å²) in [5, 5.41) is 0. The van der Waals surface area contributed by atoms with Crippen molar-refractivity contribution >= 4 is 27.3 Å². The molecule has 0 spiro atoms. The normalized spacial score (nSPS) is 18.4. The van der Waals surface area contributed by atoms with Crippen molar-refractivity contribution in [2.45, 2.75) is 0 Å². The third kappa shape index (κ3) is 0.971. The molecule has 1 aliphatic rings. The van der Waals surface area contributed by atoms with Crippen LogP contribution in [0.4, 0.5) is 17.1 Å². The Morgan fingerprint density at radius 1 is 1.14 bits per heavy atom. The highest BCUT2D eigenvalue weighted by Gasteiger charge is 2.34. The van der Waals surface area contributed by atoms with E-state index >= 15 is 0 Å². The van der Waals surface area contributed by atoms with Crippen LogP contribution in [0.25, 0.3) is 0 Å². The van der Waals surface area contributed by atoms with E-state index in [0.717, 1.165) is 0 Å². The molecule has 6 heteroatoms. The maximum Gasteiger partial charge on any atom is 0.326 e. The van der Waals surface area contributed by atoms with Crippen LogP contribution in [0.3, 0.4) is 0 Å². The number of benzene rings is 1. The van der Waals surface area contributed by atoms with Crippen LogP contribution in [0, 0.1) is 0 Å². The first-order chi connectivity index (χ1) is 6.44. The first-order valence-corrected chi connectivity index (χ1v) is 5.46. The molecule has 0 bridgehead atoms. The van der Waals surface area contributed by atoms with E-state index in [2.05, 4.69) is 0 Å². The molecule has 0 amide bonds. The van der Waals surface area contributed by atoms with Gasteiger partial charge in [-0.25, -0.2) is 0 Å². The van der Waals surface area contributed by atoms with Crippen molar-refractivity contribution in [2.75, 3.05) is 28.4 Å².